The highest BCUT2D eigenvalue weighted by molar-refractivity contribution is 5.04. The first-order valence-electron chi connectivity index (χ1n) is 5.88. The lowest BCUT2D eigenvalue weighted by Gasteiger charge is -2.28. The summed E-state index contributed by atoms with van der Waals surface area (Å²) in [5, 5.41) is 0. The lowest BCUT2D eigenvalue weighted by atomic mass is 9.77. The van der Waals surface area contributed by atoms with Crippen LogP contribution < -0.4 is 5.73 Å². The molecule has 2 nitrogen and oxygen atoms in total. The summed E-state index contributed by atoms with van der Waals surface area (Å²) < 4.78 is 5.02. The van der Waals surface area contributed by atoms with E-state index in [9.17, 15) is 0 Å². The molecule has 15 heavy (non-hydrogen) atoms. The fourth-order valence-corrected chi connectivity index (χ4v) is 2.12. The minimum Gasteiger partial charge on any atom is -0.383 e. The highest BCUT2D eigenvalue weighted by atomic mass is 16.5. The maximum Gasteiger partial charge on any atom is 0.0649 e. The Bertz CT molecular complexity index is 213. The molecule has 1 aliphatic carbocycles. The van der Waals surface area contributed by atoms with Crippen molar-refractivity contribution < 1.29 is 4.74 Å². The highest BCUT2D eigenvalue weighted by Gasteiger charge is 2.36. The molecule has 0 bridgehead atoms. The van der Waals surface area contributed by atoms with Gasteiger partial charge in [-0.3, -0.25) is 0 Å². The Labute approximate surface area is 93.9 Å². The molecule has 1 saturated carbocycles. The molecule has 0 aliphatic heterocycles. The van der Waals surface area contributed by atoms with Crippen LogP contribution in [0.3, 0.4) is 0 Å². The Morgan fingerprint density at radius 1 is 1.33 bits per heavy atom. The topological polar surface area (TPSA) is 35.2 Å². The summed E-state index contributed by atoms with van der Waals surface area (Å²) in [4.78, 5) is 0. The molecular formula is C13H25NO. The fourth-order valence-electron chi connectivity index (χ4n) is 2.12. The Hall–Kier alpha value is -0.340. The van der Waals surface area contributed by atoms with Crippen molar-refractivity contribution in [3.8, 4) is 0 Å². The van der Waals surface area contributed by atoms with Crippen molar-refractivity contribution in [3.05, 3.63) is 12.2 Å². The van der Waals surface area contributed by atoms with Crippen LogP contribution in [0, 0.1) is 17.3 Å². The number of hydrogen-bond donors (Lipinski definition) is 1. The van der Waals surface area contributed by atoms with E-state index in [-0.39, 0.29) is 6.04 Å². The Balaban J connectivity index is 2.51. The lowest BCUT2D eigenvalue weighted by molar-refractivity contribution is 0.191. The van der Waals surface area contributed by atoms with E-state index >= 15 is 0 Å². The van der Waals surface area contributed by atoms with Gasteiger partial charge < -0.3 is 10.5 Å². The van der Waals surface area contributed by atoms with Gasteiger partial charge in [0.1, 0.15) is 0 Å². The molecule has 0 spiro atoms. The molecule has 0 heterocycles. The van der Waals surface area contributed by atoms with Crippen LogP contribution in [0.15, 0.2) is 12.2 Å². The molecule has 0 saturated heterocycles. The van der Waals surface area contributed by atoms with Crippen LogP contribution >= 0.6 is 0 Å². The molecule has 0 aromatic rings. The zero-order valence-corrected chi connectivity index (χ0v) is 10.5. The summed E-state index contributed by atoms with van der Waals surface area (Å²) in [7, 11) is 1.69. The predicted molar refractivity (Wildman–Crippen MR) is 64.7 cm³/mol. The SMILES string of the molecule is COCC(N)/C=C/C(C1CC1)C(C)(C)C. The van der Waals surface area contributed by atoms with Crippen LogP contribution in [0.1, 0.15) is 33.6 Å². The van der Waals surface area contributed by atoms with Gasteiger partial charge in [-0.05, 0) is 30.1 Å². The Morgan fingerprint density at radius 2 is 1.93 bits per heavy atom. The quantitative estimate of drug-likeness (QED) is 0.709. The molecule has 1 aliphatic rings. The average molecular weight is 211 g/mol. The van der Waals surface area contributed by atoms with Gasteiger partial charge in [-0.15, -0.1) is 0 Å². The predicted octanol–water partition coefficient (Wildman–Crippen LogP) is 2.59. The van der Waals surface area contributed by atoms with Gasteiger partial charge in [0.05, 0.1) is 6.61 Å². The van der Waals surface area contributed by atoms with Gasteiger partial charge >= 0.3 is 0 Å². The number of rotatable bonds is 5. The van der Waals surface area contributed by atoms with Crippen LogP contribution in [-0.4, -0.2) is 19.8 Å². The standard InChI is InChI=1S/C13H25NO/c1-13(2,3)12(10-5-6-10)8-7-11(14)9-15-4/h7-8,10-12H,5-6,9,14H2,1-4H3/b8-7+. The highest BCUT2D eigenvalue weighted by Crippen LogP contribution is 2.46. The molecule has 0 amide bonds. The van der Waals surface area contributed by atoms with E-state index in [0.717, 1.165) is 5.92 Å². The number of methoxy groups -OCH3 is 1. The zero-order chi connectivity index (χ0) is 11.5. The van der Waals surface area contributed by atoms with E-state index in [1.54, 1.807) is 7.11 Å². The molecule has 0 aromatic heterocycles. The monoisotopic (exact) mass is 211 g/mol. The second-order valence-corrected chi connectivity index (χ2v) is 5.73. The van der Waals surface area contributed by atoms with Crippen molar-refractivity contribution in [1.29, 1.82) is 0 Å². The van der Waals surface area contributed by atoms with Gasteiger partial charge in [-0.2, -0.15) is 0 Å². The van der Waals surface area contributed by atoms with E-state index in [4.69, 9.17) is 10.5 Å². The van der Waals surface area contributed by atoms with Gasteiger partial charge in [0.15, 0.2) is 0 Å². The summed E-state index contributed by atoms with van der Waals surface area (Å²) in [6, 6.07) is 0.0404. The second kappa shape index (κ2) is 5.13. The van der Waals surface area contributed by atoms with E-state index in [2.05, 4.69) is 32.9 Å². The smallest absolute Gasteiger partial charge is 0.0649 e. The normalized spacial score (nSPS) is 21.9. The Morgan fingerprint density at radius 3 is 2.33 bits per heavy atom. The van der Waals surface area contributed by atoms with E-state index in [1.807, 2.05) is 0 Å². The third-order valence-corrected chi connectivity index (χ3v) is 3.05. The number of nitrogens with two attached hydrogens (primary N) is 1. The van der Waals surface area contributed by atoms with Crippen molar-refractivity contribution in [1.82, 2.24) is 0 Å². The summed E-state index contributed by atoms with van der Waals surface area (Å²) in [6.45, 7) is 7.53. The molecule has 2 unspecified atom stereocenters. The number of allylic oxidation sites excluding steroid dienone is 1. The van der Waals surface area contributed by atoms with Crippen LogP contribution in [-0.2, 0) is 4.74 Å². The van der Waals surface area contributed by atoms with Gasteiger partial charge in [0.2, 0.25) is 0 Å². The third-order valence-electron chi connectivity index (χ3n) is 3.05. The first-order chi connectivity index (χ1) is 6.95. The second-order valence-electron chi connectivity index (χ2n) is 5.73. The molecular weight excluding hydrogens is 186 g/mol. The van der Waals surface area contributed by atoms with Crippen molar-refractivity contribution in [2.45, 2.75) is 39.7 Å². The molecule has 2 N–H and O–H groups in total. The summed E-state index contributed by atoms with van der Waals surface area (Å²) in [5.74, 6) is 1.55. The minimum atomic E-state index is 0.0404. The largest absolute Gasteiger partial charge is 0.383 e. The van der Waals surface area contributed by atoms with Gasteiger partial charge in [0, 0.05) is 13.2 Å². The van der Waals surface area contributed by atoms with E-state index < -0.39 is 0 Å². The minimum absolute atomic E-state index is 0.0404. The van der Waals surface area contributed by atoms with Crippen LogP contribution in [0.5, 0.6) is 0 Å². The molecule has 0 radical (unpaired) electrons. The van der Waals surface area contributed by atoms with Gasteiger partial charge in [-0.1, -0.05) is 32.9 Å². The van der Waals surface area contributed by atoms with Crippen molar-refractivity contribution in [3.63, 3.8) is 0 Å². The first kappa shape index (κ1) is 12.7. The average Bonchev–Trinajstić information content (AvgIpc) is 2.86. The molecule has 1 fully saturated rings. The maximum absolute atomic E-state index is 5.88. The summed E-state index contributed by atoms with van der Waals surface area (Å²) in [6.07, 6.45) is 7.18. The molecule has 2 heteroatoms. The molecule has 2 atom stereocenters. The molecule has 1 rings (SSSR count). The van der Waals surface area contributed by atoms with Crippen LogP contribution in [0.25, 0.3) is 0 Å². The molecule has 0 aromatic carbocycles. The Kier molecular flexibility index (Phi) is 4.35. The van der Waals surface area contributed by atoms with Gasteiger partial charge in [-0.25, -0.2) is 0 Å². The maximum atomic E-state index is 5.88. The van der Waals surface area contributed by atoms with E-state index in [0.29, 0.717) is 17.9 Å². The van der Waals surface area contributed by atoms with Crippen molar-refractivity contribution >= 4 is 0 Å². The van der Waals surface area contributed by atoms with Crippen molar-refractivity contribution in [2.75, 3.05) is 13.7 Å². The number of ether oxygens (including phenoxy) is 1. The fraction of sp³-hybridized carbons (Fsp3) is 0.846. The summed E-state index contributed by atoms with van der Waals surface area (Å²) in [5.41, 5.74) is 6.24. The lowest BCUT2D eigenvalue weighted by Crippen LogP contribution is -2.25. The zero-order valence-electron chi connectivity index (χ0n) is 10.5. The first-order valence-corrected chi connectivity index (χ1v) is 5.88. The van der Waals surface area contributed by atoms with E-state index in [1.165, 1.54) is 12.8 Å². The third kappa shape index (κ3) is 4.35. The van der Waals surface area contributed by atoms with Crippen molar-refractivity contribution in [2.24, 2.45) is 23.0 Å². The van der Waals surface area contributed by atoms with Crippen LogP contribution in [0.2, 0.25) is 0 Å². The molecule has 88 valence electrons. The number of hydrogen-bond acceptors (Lipinski definition) is 2. The summed E-state index contributed by atoms with van der Waals surface area (Å²) >= 11 is 0. The van der Waals surface area contributed by atoms with Crippen LogP contribution in [0.4, 0.5) is 0 Å². The van der Waals surface area contributed by atoms with Gasteiger partial charge in [0.25, 0.3) is 0 Å².